The molecular weight excluding hydrogens is 446 g/mol. The van der Waals surface area contributed by atoms with Crippen molar-refractivity contribution in [3.8, 4) is 11.8 Å². The number of benzene rings is 2. The first-order valence-electron chi connectivity index (χ1n) is 10.0. The molecule has 0 radical (unpaired) electrons. The zero-order valence-electron chi connectivity index (χ0n) is 17.3. The molecule has 0 N–H and O–H groups in total. The summed E-state index contributed by atoms with van der Waals surface area (Å²) >= 11 is 5.97. The zero-order valence-corrected chi connectivity index (χ0v) is 18.1. The van der Waals surface area contributed by atoms with E-state index in [-0.39, 0.29) is 6.61 Å². The minimum atomic E-state index is -0.705. The van der Waals surface area contributed by atoms with Gasteiger partial charge in [0.05, 0.1) is 23.6 Å². The molecule has 9 heteroatoms. The van der Waals surface area contributed by atoms with Gasteiger partial charge in [0.15, 0.2) is 13.2 Å². The number of halogens is 1. The molecule has 4 rings (SSSR count). The van der Waals surface area contributed by atoms with E-state index < -0.39 is 24.5 Å². The third-order valence-electron chi connectivity index (χ3n) is 4.91. The van der Waals surface area contributed by atoms with Crippen LogP contribution in [0.3, 0.4) is 0 Å². The van der Waals surface area contributed by atoms with Crippen LogP contribution in [-0.2, 0) is 14.3 Å². The standard InChI is InChI=1S/C24H18ClN3O5/c25-18-7-5-17(6-8-18)20-12-21(22-2-1-11-31-22)28(27-20)23(29)14-33-24(30)15-32-19-9-3-16(13-26)4-10-19/h1-11,21H,12,14-15H2. The second-order valence-corrected chi connectivity index (χ2v) is 7.55. The molecule has 1 amide bonds. The van der Waals surface area contributed by atoms with Crippen molar-refractivity contribution in [3.63, 3.8) is 0 Å². The Bertz CT molecular complexity index is 1200. The van der Waals surface area contributed by atoms with Gasteiger partial charge >= 0.3 is 5.97 Å². The largest absolute Gasteiger partial charge is 0.482 e. The van der Waals surface area contributed by atoms with Crippen molar-refractivity contribution in [2.45, 2.75) is 12.5 Å². The van der Waals surface area contributed by atoms with Crippen LogP contribution in [0.4, 0.5) is 0 Å². The molecule has 0 saturated heterocycles. The van der Waals surface area contributed by atoms with Crippen LogP contribution < -0.4 is 4.74 Å². The Morgan fingerprint density at radius 1 is 1.12 bits per heavy atom. The molecule has 8 nitrogen and oxygen atoms in total. The number of hydrazone groups is 1. The van der Waals surface area contributed by atoms with Gasteiger partial charge in [0.1, 0.15) is 17.6 Å². The average molecular weight is 464 g/mol. The topological polar surface area (TPSA) is 105 Å². The van der Waals surface area contributed by atoms with Crippen LogP contribution in [0.2, 0.25) is 5.02 Å². The molecule has 2 heterocycles. The Balaban J connectivity index is 1.38. The van der Waals surface area contributed by atoms with Gasteiger partial charge in [0.2, 0.25) is 0 Å². The van der Waals surface area contributed by atoms with Crippen LogP contribution in [-0.4, -0.2) is 35.8 Å². The molecule has 1 aromatic heterocycles. The maximum absolute atomic E-state index is 12.8. The van der Waals surface area contributed by atoms with Gasteiger partial charge in [-0.2, -0.15) is 10.4 Å². The zero-order chi connectivity index (χ0) is 23.2. The first-order chi connectivity index (χ1) is 16.0. The van der Waals surface area contributed by atoms with E-state index in [2.05, 4.69) is 5.10 Å². The third-order valence-corrected chi connectivity index (χ3v) is 5.16. The second kappa shape index (κ2) is 10.0. The number of hydrogen-bond donors (Lipinski definition) is 0. The fourth-order valence-electron chi connectivity index (χ4n) is 3.28. The van der Waals surface area contributed by atoms with Gasteiger partial charge in [-0.25, -0.2) is 9.80 Å². The normalized spacial score (nSPS) is 15.0. The van der Waals surface area contributed by atoms with Crippen molar-refractivity contribution in [1.29, 1.82) is 5.26 Å². The molecule has 0 saturated carbocycles. The summed E-state index contributed by atoms with van der Waals surface area (Å²) in [6.07, 6.45) is 1.97. The van der Waals surface area contributed by atoms with Gasteiger partial charge in [0.25, 0.3) is 5.91 Å². The molecule has 166 valence electrons. The number of carbonyl (C=O) groups is 2. The minimum Gasteiger partial charge on any atom is -0.482 e. The van der Waals surface area contributed by atoms with E-state index in [1.165, 1.54) is 11.3 Å². The molecule has 0 spiro atoms. The van der Waals surface area contributed by atoms with Gasteiger partial charge in [-0.1, -0.05) is 23.7 Å². The lowest BCUT2D eigenvalue weighted by molar-refractivity contribution is -0.154. The number of furan rings is 1. The molecule has 33 heavy (non-hydrogen) atoms. The van der Waals surface area contributed by atoms with Crippen molar-refractivity contribution in [3.05, 3.63) is 88.8 Å². The van der Waals surface area contributed by atoms with Crippen molar-refractivity contribution >= 4 is 29.2 Å². The fraction of sp³-hybridized carbons (Fsp3) is 0.167. The smallest absolute Gasteiger partial charge is 0.344 e. The number of ether oxygens (including phenoxy) is 2. The highest BCUT2D eigenvalue weighted by molar-refractivity contribution is 6.30. The lowest BCUT2D eigenvalue weighted by Gasteiger charge is -2.19. The number of hydrogen-bond acceptors (Lipinski definition) is 7. The number of esters is 1. The molecule has 1 aliphatic rings. The molecule has 1 unspecified atom stereocenters. The van der Waals surface area contributed by atoms with Crippen LogP contribution in [0.25, 0.3) is 0 Å². The van der Waals surface area contributed by atoms with E-state index in [0.717, 1.165) is 5.56 Å². The Morgan fingerprint density at radius 2 is 1.88 bits per heavy atom. The molecular formula is C24H18ClN3O5. The third kappa shape index (κ3) is 5.40. The van der Waals surface area contributed by atoms with Crippen molar-refractivity contribution in [1.82, 2.24) is 5.01 Å². The first kappa shape index (κ1) is 22.1. The Morgan fingerprint density at radius 3 is 2.55 bits per heavy atom. The highest BCUT2D eigenvalue weighted by Gasteiger charge is 2.35. The highest BCUT2D eigenvalue weighted by atomic mass is 35.5. The SMILES string of the molecule is N#Cc1ccc(OCC(=O)OCC(=O)N2N=C(c3ccc(Cl)cc3)CC2c2ccco2)cc1. The molecule has 0 aliphatic carbocycles. The quantitative estimate of drug-likeness (QED) is 0.488. The summed E-state index contributed by atoms with van der Waals surface area (Å²) in [5, 5.41) is 15.1. The van der Waals surface area contributed by atoms with Crippen LogP contribution in [0.1, 0.15) is 29.3 Å². The van der Waals surface area contributed by atoms with E-state index in [4.69, 9.17) is 30.8 Å². The van der Waals surface area contributed by atoms with Crippen molar-refractivity contribution in [2.75, 3.05) is 13.2 Å². The summed E-state index contributed by atoms with van der Waals surface area (Å²) in [6, 6.07) is 18.5. The molecule has 2 aromatic carbocycles. The second-order valence-electron chi connectivity index (χ2n) is 7.11. The predicted molar refractivity (Wildman–Crippen MR) is 119 cm³/mol. The molecule has 1 aliphatic heterocycles. The molecule has 3 aromatic rings. The molecule has 1 atom stereocenters. The van der Waals surface area contributed by atoms with Gasteiger partial charge in [0, 0.05) is 11.4 Å². The highest BCUT2D eigenvalue weighted by Crippen LogP contribution is 2.33. The monoisotopic (exact) mass is 463 g/mol. The maximum atomic E-state index is 12.8. The summed E-state index contributed by atoms with van der Waals surface area (Å²) in [6.45, 7) is -0.871. The molecule has 0 bridgehead atoms. The van der Waals surface area contributed by atoms with E-state index in [1.54, 1.807) is 48.5 Å². The summed E-state index contributed by atoms with van der Waals surface area (Å²) in [5.41, 5.74) is 2.00. The van der Waals surface area contributed by atoms with Gasteiger partial charge in [-0.05, 0) is 54.1 Å². The van der Waals surface area contributed by atoms with Gasteiger partial charge < -0.3 is 13.9 Å². The number of amides is 1. The maximum Gasteiger partial charge on any atom is 0.344 e. The Labute approximate surface area is 194 Å². The average Bonchev–Trinajstić information content (AvgIpc) is 3.52. The Kier molecular flexibility index (Phi) is 6.72. The van der Waals surface area contributed by atoms with Crippen LogP contribution in [0.5, 0.6) is 5.75 Å². The lowest BCUT2D eigenvalue weighted by atomic mass is 10.0. The van der Waals surface area contributed by atoms with E-state index in [1.807, 2.05) is 18.2 Å². The summed E-state index contributed by atoms with van der Waals surface area (Å²) in [5.74, 6) is -0.214. The number of nitrogens with zero attached hydrogens (tertiary/aromatic N) is 3. The van der Waals surface area contributed by atoms with Crippen LogP contribution in [0.15, 0.2) is 76.4 Å². The number of rotatable bonds is 7. The first-order valence-corrected chi connectivity index (χ1v) is 10.4. The number of carbonyl (C=O) groups excluding carboxylic acids is 2. The van der Waals surface area contributed by atoms with E-state index in [9.17, 15) is 9.59 Å². The van der Waals surface area contributed by atoms with Crippen molar-refractivity contribution < 1.29 is 23.5 Å². The van der Waals surface area contributed by atoms with Gasteiger partial charge in [-0.3, -0.25) is 4.79 Å². The summed E-state index contributed by atoms with van der Waals surface area (Å²) in [7, 11) is 0. The number of nitriles is 1. The van der Waals surface area contributed by atoms with E-state index >= 15 is 0 Å². The lowest BCUT2D eigenvalue weighted by Crippen LogP contribution is -2.32. The van der Waals surface area contributed by atoms with Crippen molar-refractivity contribution in [2.24, 2.45) is 5.10 Å². The minimum absolute atomic E-state index is 0.375. The van der Waals surface area contributed by atoms with Gasteiger partial charge in [-0.15, -0.1) is 0 Å². The molecule has 0 fully saturated rings. The van der Waals surface area contributed by atoms with Crippen LogP contribution >= 0.6 is 11.6 Å². The summed E-state index contributed by atoms with van der Waals surface area (Å²) < 4.78 is 15.9. The van der Waals surface area contributed by atoms with Crippen LogP contribution in [0, 0.1) is 11.3 Å². The fourth-order valence-corrected chi connectivity index (χ4v) is 3.40. The Hall–Kier alpha value is -4.09. The van der Waals surface area contributed by atoms with E-state index in [0.29, 0.717) is 34.2 Å². The predicted octanol–water partition coefficient (Wildman–Crippen LogP) is 4.10. The summed E-state index contributed by atoms with van der Waals surface area (Å²) in [4.78, 5) is 24.9.